The highest BCUT2D eigenvalue weighted by Crippen LogP contribution is 2.37. The van der Waals surface area contributed by atoms with Crippen molar-refractivity contribution in [3.05, 3.63) is 90.5 Å². The van der Waals surface area contributed by atoms with Crippen LogP contribution in [0.15, 0.2) is 84.9 Å². The largest absolute Gasteiger partial charge is 0.489 e. The lowest BCUT2D eigenvalue weighted by atomic mass is 10.0. The SMILES string of the molecule is O[C@@H]1c2cc(Oc3ccc4ccccc4n3)ccc2OC[C@@H]1Oc1ccccc1. The Kier molecular flexibility index (Phi) is 4.50. The second kappa shape index (κ2) is 7.45. The van der Waals surface area contributed by atoms with E-state index in [2.05, 4.69) is 4.98 Å². The van der Waals surface area contributed by atoms with Crippen molar-refractivity contribution in [2.45, 2.75) is 12.2 Å². The number of nitrogens with zero attached hydrogens (tertiary/aromatic N) is 1. The highest BCUT2D eigenvalue weighted by atomic mass is 16.5. The van der Waals surface area contributed by atoms with Crippen LogP contribution in [0.3, 0.4) is 0 Å². The quantitative estimate of drug-likeness (QED) is 0.541. The lowest BCUT2D eigenvalue weighted by Gasteiger charge is -2.30. The van der Waals surface area contributed by atoms with Crippen molar-refractivity contribution in [3.8, 4) is 23.1 Å². The number of benzene rings is 3. The summed E-state index contributed by atoms with van der Waals surface area (Å²) in [6.45, 7) is 0.273. The van der Waals surface area contributed by atoms with E-state index in [0.29, 0.717) is 28.7 Å². The fourth-order valence-electron chi connectivity index (χ4n) is 3.41. The number of aliphatic hydroxyl groups is 1. The minimum atomic E-state index is -0.827. The molecule has 144 valence electrons. The van der Waals surface area contributed by atoms with Crippen LogP contribution in [0.1, 0.15) is 11.7 Å². The molecule has 1 aromatic heterocycles. The number of ether oxygens (including phenoxy) is 3. The fraction of sp³-hybridized carbons (Fsp3) is 0.125. The second-order valence-corrected chi connectivity index (χ2v) is 6.87. The van der Waals surface area contributed by atoms with E-state index in [0.717, 1.165) is 10.9 Å². The Morgan fingerprint density at radius 3 is 2.59 bits per heavy atom. The molecule has 0 bridgehead atoms. The summed E-state index contributed by atoms with van der Waals surface area (Å²) < 4.78 is 17.6. The number of aliphatic hydroxyl groups excluding tert-OH is 1. The maximum atomic E-state index is 10.8. The average Bonchev–Trinajstić information content (AvgIpc) is 2.77. The average molecular weight is 385 g/mol. The van der Waals surface area contributed by atoms with E-state index in [4.69, 9.17) is 14.2 Å². The molecule has 0 unspecified atom stereocenters. The summed E-state index contributed by atoms with van der Waals surface area (Å²) in [7, 11) is 0. The van der Waals surface area contributed by atoms with Gasteiger partial charge in [0.05, 0.1) is 5.52 Å². The van der Waals surface area contributed by atoms with Crippen molar-refractivity contribution >= 4 is 10.9 Å². The summed E-state index contributed by atoms with van der Waals surface area (Å²) in [4.78, 5) is 4.53. The Bertz CT molecular complexity index is 1150. The molecule has 1 N–H and O–H groups in total. The number of hydrogen-bond donors (Lipinski definition) is 1. The molecule has 5 heteroatoms. The van der Waals surface area contributed by atoms with Crippen LogP contribution in [0.5, 0.6) is 23.1 Å². The van der Waals surface area contributed by atoms with E-state index < -0.39 is 12.2 Å². The first-order valence-corrected chi connectivity index (χ1v) is 9.46. The fourth-order valence-corrected chi connectivity index (χ4v) is 3.41. The monoisotopic (exact) mass is 385 g/mol. The van der Waals surface area contributed by atoms with E-state index in [1.807, 2.05) is 66.7 Å². The third-order valence-corrected chi connectivity index (χ3v) is 4.88. The highest BCUT2D eigenvalue weighted by Gasteiger charge is 2.31. The molecule has 0 aliphatic carbocycles. The van der Waals surface area contributed by atoms with Crippen LogP contribution in [0, 0.1) is 0 Å². The summed E-state index contributed by atoms with van der Waals surface area (Å²) in [5, 5.41) is 11.9. The van der Waals surface area contributed by atoms with Gasteiger partial charge < -0.3 is 19.3 Å². The van der Waals surface area contributed by atoms with Crippen LogP contribution in [-0.2, 0) is 0 Å². The van der Waals surface area contributed by atoms with E-state index >= 15 is 0 Å². The third-order valence-electron chi connectivity index (χ3n) is 4.88. The predicted molar refractivity (Wildman–Crippen MR) is 110 cm³/mol. The molecule has 0 spiro atoms. The van der Waals surface area contributed by atoms with Gasteiger partial charge in [-0.3, -0.25) is 0 Å². The van der Waals surface area contributed by atoms with Gasteiger partial charge in [-0.05, 0) is 42.5 Å². The zero-order chi connectivity index (χ0) is 19.6. The van der Waals surface area contributed by atoms with Crippen molar-refractivity contribution in [2.24, 2.45) is 0 Å². The van der Waals surface area contributed by atoms with Crippen LogP contribution in [-0.4, -0.2) is 22.8 Å². The lowest BCUT2D eigenvalue weighted by Crippen LogP contribution is -2.35. The Balaban J connectivity index is 1.38. The van der Waals surface area contributed by atoms with Crippen molar-refractivity contribution < 1.29 is 19.3 Å². The molecule has 0 amide bonds. The van der Waals surface area contributed by atoms with Gasteiger partial charge in [-0.1, -0.05) is 36.4 Å². The predicted octanol–water partition coefficient (Wildman–Crippen LogP) is 4.90. The summed E-state index contributed by atoms with van der Waals surface area (Å²) >= 11 is 0. The van der Waals surface area contributed by atoms with Gasteiger partial charge in [0.25, 0.3) is 0 Å². The molecule has 0 saturated carbocycles. The molecule has 2 heterocycles. The molecule has 29 heavy (non-hydrogen) atoms. The van der Waals surface area contributed by atoms with Gasteiger partial charge in [0, 0.05) is 17.0 Å². The molecular weight excluding hydrogens is 366 g/mol. The van der Waals surface area contributed by atoms with Gasteiger partial charge in [-0.15, -0.1) is 0 Å². The first kappa shape index (κ1) is 17.5. The number of aromatic nitrogens is 1. The maximum Gasteiger partial charge on any atom is 0.219 e. The first-order chi connectivity index (χ1) is 14.3. The minimum absolute atomic E-state index is 0.273. The molecule has 0 saturated heterocycles. The molecule has 1 aliphatic rings. The number of hydrogen-bond acceptors (Lipinski definition) is 5. The van der Waals surface area contributed by atoms with Gasteiger partial charge in [-0.25, -0.2) is 4.98 Å². The van der Waals surface area contributed by atoms with Crippen LogP contribution >= 0.6 is 0 Å². The number of rotatable bonds is 4. The molecule has 1 aliphatic heterocycles. The normalized spacial score (nSPS) is 18.0. The zero-order valence-corrected chi connectivity index (χ0v) is 15.6. The topological polar surface area (TPSA) is 60.8 Å². The van der Waals surface area contributed by atoms with Gasteiger partial charge in [0.15, 0.2) is 6.10 Å². The van der Waals surface area contributed by atoms with Crippen molar-refractivity contribution in [1.82, 2.24) is 4.98 Å². The molecular formula is C24H19NO4. The summed E-state index contributed by atoms with van der Waals surface area (Å²) in [6, 6.07) is 26.5. The maximum absolute atomic E-state index is 10.8. The minimum Gasteiger partial charge on any atom is -0.489 e. The number of para-hydroxylation sites is 2. The third kappa shape index (κ3) is 3.60. The van der Waals surface area contributed by atoms with Crippen molar-refractivity contribution in [1.29, 1.82) is 0 Å². The first-order valence-electron chi connectivity index (χ1n) is 9.46. The smallest absolute Gasteiger partial charge is 0.219 e. The Morgan fingerprint density at radius 1 is 0.862 bits per heavy atom. The van der Waals surface area contributed by atoms with E-state index in [1.165, 1.54) is 0 Å². The van der Waals surface area contributed by atoms with Crippen LogP contribution < -0.4 is 14.2 Å². The van der Waals surface area contributed by atoms with Crippen LogP contribution in [0.4, 0.5) is 0 Å². The molecule has 3 aromatic carbocycles. The second-order valence-electron chi connectivity index (χ2n) is 6.87. The lowest BCUT2D eigenvalue weighted by molar-refractivity contribution is -0.0104. The van der Waals surface area contributed by atoms with E-state index in [9.17, 15) is 5.11 Å². The van der Waals surface area contributed by atoms with Crippen LogP contribution in [0.25, 0.3) is 10.9 Å². The van der Waals surface area contributed by atoms with Gasteiger partial charge in [0.1, 0.15) is 30.0 Å². The number of fused-ring (bicyclic) bond motifs is 2. The van der Waals surface area contributed by atoms with Crippen molar-refractivity contribution in [2.75, 3.05) is 6.61 Å². The zero-order valence-electron chi connectivity index (χ0n) is 15.6. The molecule has 4 aromatic rings. The summed E-state index contributed by atoms with van der Waals surface area (Å²) in [6.07, 6.45) is -1.33. The molecule has 2 atom stereocenters. The Hall–Kier alpha value is -3.57. The Labute approximate surface area is 168 Å². The standard InChI is InChI=1S/C24H19NO4/c26-24-19-14-18(29-23-13-10-16-6-4-5-9-20(16)25-23)11-12-21(19)27-15-22(24)28-17-7-2-1-3-8-17/h1-14,22,24,26H,15H2/t22-,24+/m0/s1. The molecule has 5 rings (SSSR count). The molecule has 0 radical (unpaired) electrons. The van der Waals surface area contributed by atoms with Crippen molar-refractivity contribution in [3.63, 3.8) is 0 Å². The highest BCUT2D eigenvalue weighted by molar-refractivity contribution is 5.78. The summed E-state index contributed by atoms with van der Waals surface area (Å²) in [5.41, 5.74) is 1.50. The van der Waals surface area contributed by atoms with Crippen LogP contribution in [0.2, 0.25) is 0 Å². The van der Waals surface area contributed by atoms with E-state index in [-0.39, 0.29) is 6.61 Å². The van der Waals surface area contributed by atoms with Gasteiger partial charge >= 0.3 is 0 Å². The molecule has 0 fully saturated rings. The number of pyridine rings is 1. The Morgan fingerprint density at radius 2 is 1.69 bits per heavy atom. The van der Waals surface area contributed by atoms with E-state index in [1.54, 1.807) is 18.2 Å². The van der Waals surface area contributed by atoms with Gasteiger partial charge in [0.2, 0.25) is 5.88 Å². The summed E-state index contributed by atoms with van der Waals surface area (Å²) in [5.74, 6) is 2.39. The van der Waals surface area contributed by atoms with Gasteiger partial charge in [-0.2, -0.15) is 0 Å². The molecule has 5 nitrogen and oxygen atoms in total.